The summed E-state index contributed by atoms with van der Waals surface area (Å²) < 4.78 is 33.1. The van der Waals surface area contributed by atoms with E-state index in [0.717, 1.165) is 61.8 Å². The number of amides is 6. The van der Waals surface area contributed by atoms with Crippen LogP contribution >= 0.6 is 11.3 Å². The first-order valence-electron chi connectivity index (χ1n) is 29.0. The highest BCUT2D eigenvalue weighted by Gasteiger charge is 2.30. The van der Waals surface area contributed by atoms with E-state index in [0.29, 0.717) is 93.2 Å². The van der Waals surface area contributed by atoms with Gasteiger partial charge in [-0.3, -0.25) is 44.7 Å². The van der Waals surface area contributed by atoms with E-state index in [-0.39, 0.29) is 60.9 Å². The molecule has 15 rings (SSSR count). The molecule has 6 amide bonds. The van der Waals surface area contributed by atoms with E-state index < -0.39 is 17.5 Å². The number of anilines is 6. The number of nitrogens with one attached hydrogen (secondary N) is 9. The lowest BCUT2D eigenvalue weighted by Gasteiger charge is -2.12. The van der Waals surface area contributed by atoms with E-state index in [4.69, 9.17) is 9.97 Å². The van der Waals surface area contributed by atoms with E-state index >= 15 is 0 Å². The van der Waals surface area contributed by atoms with E-state index in [1.165, 1.54) is 34.2 Å². The molecular formula is C62H58F2N18O6S. The zero-order valence-corrected chi connectivity index (χ0v) is 48.6. The molecule has 2 aromatic carbocycles. The van der Waals surface area contributed by atoms with Gasteiger partial charge in [-0.15, -0.1) is 11.3 Å². The van der Waals surface area contributed by atoms with Gasteiger partial charge in [0.1, 0.15) is 46.5 Å². The number of halogens is 2. The summed E-state index contributed by atoms with van der Waals surface area (Å²) in [6.45, 7) is 3.31. The summed E-state index contributed by atoms with van der Waals surface area (Å²) in [6.07, 6.45) is 16.7. The van der Waals surface area contributed by atoms with Gasteiger partial charge in [0.2, 0.25) is 17.7 Å². The molecule has 0 spiro atoms. The molecule has 0 radical (unpaired) electrons. The molecule has 6 fully saturated rings. The Hall–Kier alpha value is -10.7. The van der Waals surface area contributed by atoms with E-state index in [9.17, 15) is 37.5 Å². The number of benzene rings is 2. The first kappa shape index (κ1) is 57.4. The Balaban J connectivity index is 0.000000123. The minimum absolute atomic E-state index is 0.00610. The molecule has 3 saturated heterocycles. The lowest BCUT2D eigenvalue weighted by molar-refractivity contribution is -0.125. The first-order valence-corrected chi connectivity index (χ1v) is 29.9. The normalized spacial score (nSPS) is 17.7. The third kappa shape index (κ3) is 13.6. The van der Waals surface area contributed by atoms with Gasteiger partial charge in [-0.2, -0.15) is 28.8 Å². The Morgan fingerprint density at radius 1 is 0.517 bits per heavy atom. The van der Waals surface area contributed by atoms with Crippen molar-refractivity contribution in [3.63, 3.8) is 0 Å². The Morgan fingerprint density at radius 3 is 1.29 bits per heavy atom. The number of nitrogens with zero attached hydrogens (tertiary/aromatic N) is 9. The van der Waals surface area contributed by atoms with Gasteiger partial charge in [0.15, 0.2) is 16.9 Å². The third-order valence-electron chi connectivity index (χ3n) is 15.0. The molecule has 0 atom stereocenters. The van der Waals surface area contributed by atoms with Gasteiger partial charge in [0.05, 0.1) is 44.4 Å². The summed E-state index contributed by atoms with van der Waals surface area (Å²) >= 11 is 1.69. The van der Waals surface area contributed by atoms with Crippen molar-refractivity contribution in [2.45, 2.75) is 102 Å². The SMILES string of the molecule is Cc1cccc(CNc2cc(NC3CC3)n3ncc(/C=C4\CC(=O)NC4=O)c3n2)c1.O=C1C/C(=C\c2cnn3c(NC4CC4)cc(NCc4c(F)cccc4F)nc23)C(=O)N1.O=C1C/C(=C\c2cnn3c(NC4CC4)cc(NCc4cccs4)nc23)C(=O)N1. The molecule has 89 heavy (non-hydrogen) atoms. The molecule has 9 N–H and O–H groups in total. The van der Waals surface area contributed by atoms with E-state index in [1.807, 2.05) is 29.6 Å². The zero-order chi connectivity index (χ0) is 61.3. The molecule has 3 aliphatic carbocycles. The van der Waals surface area contributed by atoms with Gasteiger partial charge in [0.25, 0.3) is 17.7 Å². The van der Waals surface area contributed by atoms with Crippen LogP contribution in [-0.2, 0) is 48.4 Å². The third-order valence-corrected chi connectivity index (χ3v) is 15.9. The van der Waals surface area contributed by atoms with Crippen LogP contribution in [0, 0.1) is 18.6 Å². The van der Waals surface area contributed by atoms with Crippen LogP contribution in [0.2, 0.25) is 0 Å². The number of hydrogen-bond donors (Lipinski definition) is 9. The Labute approximate surface area is 509 Å². The fourth-order valence-corrected chi connectivity index (χ4v) is 10.7. The second-order valence-corrected chi connectivity index (χ2v) is 23.4. The number of carbonyl (C=O) groups excluding carboxylic acids is 6. The summed E-state index contributed by atoms with van der Waals surface area (Å²) in [7, 11) is 0. The maximum atomic E-state index is 14.0. The van der Waals surface area contributed by atoms with Crippen LogP contribution in [0.3, 0.4) is 0 Å². The van der Waals surface area contributed by atoms with Crippen molar-refractivity contribution < 1.29 is 37.5 Å². The maximum Gasteiger partial charge on any atom is 0.254 e. The van der Waals surface area contributed by atoms with Crippen molar-refractivity contribution in [2.24, 2.45) is 0 Å². The quantitative estimate of drug-likeness (QED) is 0.0294. The van der Waals surface area contributed by atoms with Crippen LogP contribution in [0.25, 0.3) is 35.2 Å². The Morgan fingerprint density at radius 2 is 0.921 bits per heavy atom. The molecule has 7 aromatic heterocycles. The number of aryl methyl sites for hydroxylation is 1. The highest BCUT2D eigenvalue weighted by molar-refractivity contribution is 7.09. The minimum atomic E-state index is -0.642. The summed E-state index contributed by atoms with van der Waals surface area (Å²) in [5.41, 5.74) is 7.15. The predicted molar refractivity (Wildman–Crippen MR) is 330 cm³/mol. The molecule has 10 heterocycles. The fourth-order valence-electron chi connectivity index (χ4n) is 10.0. The molecule has 6 aliphatic rings. The Kier molecular flexibility index (Phi) is 15.8. The van der Waals surface area contributed by atoms with Gasteiger partial charge < -0.3 is 31.9 Å². The molecule has 3 saturated carbocycles. The van der Waals surface area contributed by atoms with Gasteiger partial charge in [-0.25, -0.2) is 23.7 Å². The minimum Gasteiger partial charge on any atom is -0.367 e. The molecule has 24 nitrogen and oxygen atoms in total. The van der Waals surface area contributed by atoms with Gasteiger partial charge in [0, 0.05) is 93.3 Å². The molecule has 9 aromatic rings. The van der Waals surface area contributed by atoms with Crippen molar-refractivity contribution in [1.29, 1.82) is 0 Å². The van der Waals surface area contributed by atoms with Crippen LogP contribution in [0.15, 0.2) is 113 Å². The molecule has 0 bridgehead atoms. The lowest BCUT2D eigenvalue weighted by Crippen LogP contribution is -2.19. The molecule has 452 valence electrons. The monoisotopic (exact) mass is 1220 g/mol. The van der Waals surface area contributed by atoms with Crippen molar-refractivity contribution in [3.05, 3.63) is 163 Å². The number of rotatable bonds is 18. The van der Waals surface area contributed by atoms with Crippen LogP contribution in [0.4, 0.5) is 43.7 Å². The van der Waals surface area contributed by atoms with Crippen LogP contribution in [0.1, 0.15) is 96.0 Å². The highest BCUT2D eigenvalue weighted by atomic mass is 32.1. The topological polar surface area (TPSA) is 301 Å². The summed E-state index contributed by atoms with van der Waals surface area (Å²) in [4.78, 5) is 85.4. The number of aromatic nitrogens is 9. The van der Waals surface area contributed by atoms with Gasteiger partial charge in [-0.05, 0) is 92.8 Å². The van der Waals surface area contributed by atoms with Gasteiger partial charge >= 0.3 is 0 Å². The fraction of sp³-hybridized carbons (Fsp3) is 0.258. The Bertz CT molecular complexity index is 4400. The van der Waals surface area contributed by atoms with Crippen LogP contribution < -0.4 is 47.9 Å². The summed E-state index contributed by atoms with van der Waals surface area (Å²) in [5.74, 6) is 0.869. The number of carbonyl (C=O) groups is 6. The van der Waals surface area contributed by atoms with Crippen molar-refractivity contribution in [1.82, 2.24) is 59.7 Å². The van der Waals surface area contributed by atoms with Crippen molar-refractivity contribution in [2.75, 3.05) is 31.9 Å². The number of thiophene rings is 1. The van der Waals surface area contributed by atoms with E-state index in [1.54, 1.807) is 67.8 Å². The summed E-state index contributed by atoms with van der Waals surface area (Å²) in [6, 6.07) is 23.0. The standard InChI is InChI=1S/C22H22N6O2.C21H18F2N6O2.C19H18N6O2S/c1-13-3-2-4-14(7-13)11-23-18-10-19(25-17-5-6-17)28-21(26-18)16(12-24-28)8-15-9-20(29)27-22(15)30;22-15-2-1-3-16(23)14(15)10-24-17-8-18(26-13-4-5-13)29-20(27-17)12(9-25-29)6-11-7-19(30)28-21(11)31;26-17-7-11(19(27)24-17)6-12-9-21-25-16(22-13-3-4-13)8-15(23-18(12)25)20-10-14-2-1-5-28-14/h2-4,7-8,10,12,17,25H,5-6,9,11H2,1H3,(H,23,26)(H,27,29,30);1-3,6,8-9,13,26H,4-5,7,10H2,(H,24,27)(H,28,30,31);1-2,5-6,8-9,13,22H,3-4,7,10H2,(H,20,23)(H,24,26,27)/b15-8+;2*11-6+. The number of fused-ring (bicyclic) bond motifs is 3. The zero-order valence-electron chi connectivity index (χ0n) is 47.8. The average molecular weight is 1220 g/mol. The molecule has 27 heteroatoms. The maximum absolute atomic E-state index is 14.0. The lowest BCUT2D eigenvalue weighted by atomic mass is 10.1. The molecule has 0 unspecified atom stereocenters. The second kappa shape index (κ2) is 24.6. The van der Waals surface area contributed by atoms with E-state index in [2.05, 4.69) is 99.3 Å². The van der Waals surface area contributed by atoms with Crippen LogP contribution in [0.5, 0.6) is 0 Å². The highest BCUT2D eigenvalue weighted by Crippen LogP contribution is 2.32. The molecular weight excluding hydrogens is 1160 g/mol. The van der Waals surface area contributed by atoms with Crippen molar-refractivity contribution in [3.8, 4) is 0 Å². The van der Waals surface area contributed by atoms with Gasteiger partial charge in [-0.1, -0.05) is 42.0 Å². The number of imide groups is 3. The molecule has 3 aliphatic heterocycles. The first-order chi connectivity index (χ1) is 43.2. The second-order valence-electron chi connectivity index (χ2n) is 22.3. The smallest absolute Gasteiger partial charge is 0.254 e. The summed E-state index contributed by atoms with van der Waals surface area (Å²) in [5, 5.41) is 42.2. The van der Waals surface area contributed by atoms with Crippen molar-refractivity contribution >= 4 is 117 Å². The number of hydrogen-bond acceptors (Lipinski definition) is 19. The average Bonchev–Trinajstić information content (AvgIpc) is 1.81. The predicted octanol–water partition coefficient (Wildman–Crippen LogP) is 7.68. The largest absolute Gasteiger partial charge is 0.367 e. The van der Waals surface area contributed by atoms with Crippen LogP contribution in [-0.4, -0.2) is 97.4 Å².